The minimum Gasteiger partial charge on any atom is -0.462 e. The van der Waals surface area contributed by atoms with Crippen LogP contribution < -0.4 is 0 Å². The molecule has 0 aliphatic rings. The smallest absolute Gasteiger partial charge is 0.306 e. The van der Waals surface area contributed by atoms with E-state index in [1.54, 1.807) is 0 Å². The summed E-state index contributed by atoms with van der Waals surface area (Å²) in [5.41, 5.74) is 0. The number of allylic oxidation sites excluding steroid dienone is 8. The summed E-state index contributed by atoms with van der Waals surface area (Å²) in [6, 6.07) is 0. The van der Waals surface area contributed by atoms with Crippen LogP contribution in [0, 0.1) is 0 Å². The third-order valence-corrected chi connectivity index (χ3v) is 13.3. The van der Waals surface area contributed by atoms with Crippen LogP contribution in [0.1, 0.15) is 316 Å². The van der Waals surface area contributed by atoms with Crippen molar-refractivity contribution >= 4 is 17.9 Å². The van der Waals surface area contributed by atoms with Gasteiger partial charge in [-0.3, -0.25) is 14.4 Å². The summed E-state index contributed by atoms with van der Waals surface area (Å²) < 4.78 is 16.8. The van der Waals surface area contributed by atoms with Crippen LogP contribution in [0.4, 0.5) is 0 Å². The molecule has 402 valence electrons. The van der Waals surface area contributed by atoms with Gasteiger partial charge in [-0.2, -0.15) is 0 Å². The lowest BCUT2D eigenvalue weighted by Crippen LogP contribution is -2.30. The molecule has 0 heterocycles. The minimum absolute atomic E-state index is 0.0911. The van der Waals surface area contributed by atoms with Crippen molar-refractivity contribution in [1.29, 1.82) is 0 Å². The number of hydrogen-bond acceptors (Lipinski definition) is 6. The molecular weight excluding hydrogens is 853 g/mol. The quantitative estimate of drug-likeness (QED) is 0.0262. The molecule has 69 heavy (non-hydrogen) atoms. The minimum atomic E-state index is -0.799. The molecule has 0 aliphatic heterocycles. The lowest BCUT2D eigenvalue weighted by Gasteiger charge is -2.18. The van der Waals surface area contributed by atoms with Crippen LogP contribution in [0.3, 0.4) is 0 Å². The second kappa shape index (κ2) is 57.9. The van der Waals surface area contributed by atoms with Gasteiger partial charge in [0.15, 0.2) is 6.10 Å². The largest absolute Gasteiger partial charge is 0.462 e. The van der Waals surface area contributed by atoms with Crippen molar-refractivity contribution in [2.24, 2.45) is 0 Å². The van der Waals surface area contributed by atoms with Crippen molar-refractivity contribution in [3.05, 3.63) is 48.6 Å². The first kappa shape index (κ1) is 66.4. The number of carbonyl (C=O) groups is 3. The maximum atomic E-state index is 12.8. The zero-order valence-corrected chi connectivity index (χ0v) is 46.1. The average Bonchev–Trinajstić information content (AvgIpc) is 3.35. The number of ether oxygens (including phenoxy) is 3. The summed E-state index contributed by atoms with van der Waals surface area (Å²) in [5.74, 6) is -0.932. The van der Waals surface area contributed by atoms with E-state index in [0.29, 0.717) is 19.3 Å². The van der Waals surface area contributed by atoms with Crippen molar-refractivity contribution in [3.8, 4) is 0 Å². The van der Waals surface area contributed by atoms with Crippen molar-refractivity contribution in [1.82, 2.24) is 0 Å². The summed E-state index contributed by atoms with van der Waals surface area (Å²) in [4.78, 5) is 38.2. The highest BCUT2D eigenvalue weighted by atomic mass is 16.6. The van der Waals surface area contributed by atoms with Crippen molar-refractivity contribution < 1.29 is 28.6 Å². The molecule has 0 rings (SSSR count). The van der Waals surface area contributed by atoms with Crippen LogP contribution in [0.25, 0.3) is 0 Å². The van der Waals surface area contributed by atoms with E-state index >= 15 is 0 Å². The lowest BCUT2D eigenvalue weighted by molar-refractivity contribution is -0.167. The highest BCUT2D eigenvalue weighted by Gasteiger charge is 2.19. The molecular formula is C63H114O6. The zero-order valence-electron chi connectivity index (χ0n) is 46.1. The molecule has 0 aromatic rings. The molecule has 0 N–H and O–H groups in total. The van der Waals surface area contributed by atoms with Gasteiger partial charge in [0.25, 0.3) is 0 Å². The molecule has 0 aliphatic carbocycles. The first-order valence-electron chi connectivity index (χ1n) is 30.1. The van der Waals surface area contributed by atoms with Gasteiger partial charge >= 0.3 is 17.9 Å². The molecule has 0 spiro atoms. The molecule has 0 aromatic heterocycles. The molecule has 0 amide bonds. The summed E-state index contributed by atoms with van der Waals surface area (Å²) in [5, 5.41) is 0. The Morgan fingerprint density at radius 2 is 0.536 bits per heavy atom. The summed E-state index contributed by atoms with van der Waals surface area (Å²) in [7, 11) is 0. The molecule has 0 saturated carbocycles. The number of unbranched alkanes of at least 4 members (excludes halogenated alkanes) is 36. The third-order valence-electron chi connectivity index (χ3n) is 13.3. The van der Waals surface area contributed by atoms with Crippen molar-refractivity contribution in [2.45, 2.75) is 322 Å². The predicted octanol–water partition coefficient (Wildman–Crippen LogP) is 20.2. The molecule has 6 nitrogen and oxygen atoms in total. The van der Waals surface area contributed by atoms with E-state index in [-0.39, 0.29) is 37.5 Å². The van der Waals surface area contributed by atoms with Crippen LogP contribution in [0.15, 0.2) is 48.6 Å². The van der Waals surface area contributed by atoms with Gasteiger partial charge in [-0.05, 0) is 77.0 Å². The fourth-order valence-electron chi connectivity index (χ4n) is 8.75. The summed E-state index contributed by atoms with van der Waals surface area (Å²) >= 11 is 0. The Labute approximate surface area is 428 Å². The van der Waals surface area contributed by atoms with Gasteiger partial charge in [0.1, 0.15) is 13.2 Å². The number of carbonyl (C=O) groups excluding carboxylic acids is 3. The van der Waals surface area contributed by atoms with E-state index in [2.05, 4.69) is 69.4 Å². The average molecular weight is 968 g/mol. The van der Waals surface area contributed by atoms with Gasteiger partial charge in [0, 0.05) is 19.3 Å². The van der Waals surface area contributed by atoms with Crippen LogP contribution in [-0.2, 0) is 28.6 Å². The van der Waals surface area contributed by atoms with Gasteiger partial charge in [0.05, 0.1) is 0 Å². The van der Waals surface area contributed by atoms with Gasteiger partial charge in [-0.1, -0.05) is 268 Å². The highest BCUT2D eigenvalue weighted by molar-refractivity contribution is 5.71. The Bertz CT molecular complexity index is 1200. The molecule has 0 bridgehead atoms. The monoisotopic (exact) mass is 967 g/mol. The molecule has 1 atom stereocenters. The Morgan fingerprint density at radius 3 is 0.884 bits per heavy atom. The first-order chi connectivity index (χ1) is 34.0. The Hall–Kier alpha value is -2.63. The number of esters is 3. The Balaban J connectivity index is 4.40. The van der Waals surface area contributed by atoms with Crippen molar-refractivity contribution in [3.63, 3.8) is 0 Å². The maximum Gasteiger partial charge on any atom is 0.306 e. The van der Waals surface area contributed by atoms with Gasteiger partial charge < -0.3 is 14.2 Å². The zero-order chi connectivity index (χ0) is 50.0. The van der Waals surface area contributed by atoms with Crippen LogP contribution >= 0.6 is 0 Å². The second-order valence-corrected chi connectivity index (χ2v) is 20.3. The Kier molecular flexibility index (Phi) is 55.7. The summed E-state index contributed by atoms with van der Waals surface area (Å²) in [6.07, 6.45) is 71.1. The molecule has 0 fully saturated rings. The standard InChI is InChI=1S/C63H114O6/c1-4-7-10-13-16-19-22-25-28-30-31-33-35-38-41-44-47-50-53-56-62(65)68-59-60(58-67-61(64)55-52-49-46-43-40-37-34-27-24-21-18-15-12-9-6-3)69-63(66)57-54-51-48-45-42-39-36-32-29-26-23-20-17-14-11-8-5-2/h21,24,26,29,36,39,45,48,60H,4-20,22-23,25,27-28,30-35,37-38,40-44,46-47,49-59H2,1-3H3/b24-21-,29-26-,39-36-,48-45-. The topological polar surface area (TPSA) is 78.9 Å². The van der Waals surface area contributed by atoms with E-state index < -0.39 is 6.10 Å². The van der Waals surface area contributed by atoms with Gasteiger partial charge in [-0.25, -0.2) is 0 Å². The van der Waals surface area contributed by atoms with E-state index in [0.717, 1.165) is 57.8 Å². The predicted molar refractivity (Wildman–Crippen MR) is 298 cm³/mol. The molecule has 1 unspecified atom stereocenters. The maximum absolute atomic E-state index is 12.8. The SMILES string of the molecule is CCCCCC/C=C\CCCCCCCCCC(=O)OCC(COC(=O)CCCCCCCCCCCCCCCCCCCCC)OC(=O)CCC/C=C\C/C=C\C/C=C\CCCCCCCC. The lowest BCUT2D eigenvalue weighted by atomic mass is 10.0. The molecule has 0 radical (unpaired) electrons. The fourth-order valence-corrected chi connectivity index (χ4v) is 8.75. The van der Waals surface area contributed by atoms with E-state index in [9.17, 15) is 14.4 Å². The normalized spacial score (nSPS) is 12.3. The third kappa shape index (κ3) is 56.2. The van der Waals surface area contributed by atoms with E-state index in [1.165, 1.54) is 212 Å². The Morgan fingerprint density at radius 1 is 0.290 bits per heavy atom. The fraction of sp³-hybridized carbons (Fsp3) is 0.825. The van der Waals surface area contributed by atoms with Crippen LogP contribution in [-0.4, -0.2) is 37.2 Å². The highest BCUT2D eigenvalue weighted by Crippen LogP contribution is 2.16. The molecule has 6 heteroatoms. The number of hydrogen-bond donors (Lipinski definition) is 0. The second-order valence-electron chi connectivity index (χ2n) is 20.3. The first-order valence-corrected chi connectivity index (χ1v) is 30.1. The number of rotatable bonds is 55. The van der Waals surface area contributed by atoms with E-state index in [1.807, 2.05) is 0 Å². The molecule has 0 saturated heterocycles. The van der Waals surface area contributed by atoms with Gasteiger partial charge in [-0.15, -0.1) is 0 Å². The van der Waals surface area contributed by atoms with Crippen molar-refractivity contribution in [2.75, 3.05) is 13.2 Å². The van der Waals surface area contributed by atoms with Gasteiger partial charge in [0.2, 0.25) is 0 Å². The molecule has 0 aromatic carbocycles. The van der Waals surface area contributed by atoms with E-state index in [4.69, 9.17) is 14.2 Å². The van der Waals surface area contributed by atoms with Crippen LogP contribution in [0.5, 0.6) is 0 Å². The summed E-state index contributed by atoms with van der Waals surface area (Å²) in [6.45, 7) is 6.62. The van der Waals surface area contributed by atoms with Crippen LogP contribution in [0.2, 0.25) is 0 Å².